The number of rotatable bonds is 7. The van der Waals surface area contributed by atoms with Gasteiger partial charge in [-0.05, 0) is 31.9 Å². The summed E-state index contributed by atoms with van der Waals surface area (Å²) < 4.78 is 15.9. The van der Waals surface area contributed by atoms with E-state index in [0.717, 1.165) is 19.3 Å². The van der Waals surface area contributed by atoms with E-state index in [2.05, 4.69) is 5.32 Å². The highest BCUT2D eigenvalue weighted by atomic mass is 16.5. The van der Waals surface area contributed by atoms with Gasteiger partial charge in [-0.15, -0.1) is 0 Å². The first-order valence-corrected chi connectivity index (χ1v) is 8.74. The van der Waals surface area contributed by atoms with E-state index < -0.39 is 17.4 Å². The predicted octanol–water partition coefficient (Wildman–Crippen LogP) is 2.33. The van der Waals surface area contributed by atoms with Gasteiger partial charge < -0.3 is 19.5 Å². The van der Waals surface area contributed by atoms with Crippen molar-refractivity contribution >= 4 is 11.9 Å². The molecule has 2 rings (SSSR count). The molecule has 0 aliphatic heterocycles. The van der Waals surface area contributed by atoms with Crippen LogP contribution in [0.15, 0.2) is 18.2 Å². The molecule has 1 aliphatic carbocycles. The molecule has 26 heavy (non-hydrogen) atoms. The van der Waals surface area contributed by atoms with Gasteiger partial charge in [0.25, 0.3) is 5.91 Å². The van der Waals surface area contributed by atoms with Crippen molar-refractivity contribution in [1.29, 1.82) is 5.26 Å². The highest BCUT2D eigenvalue weighted by Crippen LogP contribution is 2.30. The monoisotopic (exact) mass is 360 g/mol. The molecule has 0 saturated heterocycles. The lowest BCUT2D eigenvalue weighted by Gasteiger charge is -2.35. The Bertz CT molecular complexity index is 690. The smallest absolute Gasteiger partial charge is 0.331 e. The topological polar surface area (TPSA) is 97.6 Å². The first-order chi connectivity index (χ1) is 12.5. The Morgan fingerprint density at radius 2 is 1.92 bits per heavy atom. The van der Waals surface area contributed by atoms with Crippen LogP contribution < -0.4 is 14.8 Å². The van der Waals surface area contributed by atoms with Crippen molar-refractivity contribution < 1.29 is 23.8 Å². The van der Waals surface area contributed by atoms with Crippen LogP contribution >= 0.6 is 0 Å². The Morgan fingerprint density at radius 3 is 2.54 bits per heavy atom. The van der Waals surface area contributed by atoms with Crippen LogP contribution in [0.5, 0.6) is 11.5 Å². The molecule has 1 aromatic rings. The molecule has 1 saturated carbocycles. The summed E-state index contributed by atoms with van der Waals surface area (Å²) in [4.78, 5) is 24.5. The molecule has 0 spiro atoms. The molecule has 0 radical (unpaired) electrons. The number of methoxy groups -OCH3 is 1. The number of nitriles is 1. The number of benzene rings is 1. The molecule has 7 heteroatoms. The van der Waals surface area contributed by atoms with E-state index in [-0.39, 0.29) is 6.61 Å². The summed E-state index contributed by atoms with van der Waals surface area (Å²) in [5, 5.41) is 11.8. The SMILES string of the molecule is CCOc1cc(C#N)ccc1OCC(=O)NC1(C(=O)OC)CCCCC1. The van der Waals surface area contributed by atoms with Gasteiger partial charge in [0.2, 0.25) is 0 Å². The Morgan fingerprint density at radius 1 is 1.19 bits per heavy atom. The van der Waals surface area contributed by atoms with E-state index in [4.69, 9.17) is 19.5 Å². The zero-order valence-electron chi connectivity index (χ0n) is 15.2. The Labute approximate surface area is 153 Å². The second kappa shape index (κ2) is 9.09. The van der Waals surface area contributed by atoms with Crippen molar-refractivity contribution in [1.82, 2.24) is 5.32 Å². The zero-order valence-corrected chi connectivity index (χ0v) is 15.2. The lowest BCUT2D eigenvalue weighted by Crippen LogP contribution is -2.57. The van der Waals surface area contributed by atoms with Crippen molar-refractivity contribution in [2.24, 2.45) is 0 Å². The highest BCUT2D eigenvalue weighted by molar-refractivity contribution is 5.88. The molecule has 140 valence electrons. The molecule has 0 bridgehead atoms. The third-order valence-corrected chi connectivity index (χ3v) is 4.39. The maximum Gasteiger partial charge on any atom is 0.331 e. The van der Waals surface area contributed by atoms with Gasteiger partial charge in [0.1, 0.15) is 5.54 Å². The second-order valence-electron chi connectivity index (χ2n) is 6.18. The van der Waals surface area contributed by atoms with Crippen LogP contribution in [-0.4, -0.2) is 37.7 Å². The lowest BCUT2D eigenvalue weighted by atomic mass is 9.81. The molecule has 0 heterocycles. The summed E-state index contributed by atoms with van der Waals surface area (Å²) in [5.74, 6) is -0.0421. The van der Waals surface area contributed by atoms with E-state index in [1.807, 2.05) is 13.0 Å². The molecule has 0 atom stereocenters. The van der Waals surface area contributed by atoms with Gasteiger partial charge in [-0.3, -0.25) is 4.79 Å². The van der Waals surface area contributed by atoms with Crippen LogP contribution in [0.25, 0.3) is 0 Å². The van der Waals surface area contributed by atoms with E-state index >= 15 is 0 Å². The normalized spacial score (nSPS) is 15.4. The molecule has 1 amide bonds. The first-order valence-electron chi connectivity index (χ1n) is 8.74. The molecule has 0 aromatic heterocycles. The number of nitrogens with one attached hydrogen (secondary N) is 1. The molecule has 7 nitrogen and oxygen atoms in total. The number of esters is 1. The minimum absolute atomic E-state index is 0.259. The van der Waals surface area contributed by atoms with Gasteiger partial charge in [0, 0.05) is 6.07 Å². The van der Waals surface area contributed by atoms with Crippen LogP contribution in [0.3, 0.4) is 0 Å². The van der Waals surface area contributed by atoms with Gasteiger partial charge in [0.15, 0.2) is 18.1 Å². The van der Waals surface area contributed by atoms with Gasteiger partial charge in [-0.2, -0.15) is 5.26 Å². The maximum atomic E-state index is 12.4. The Balaban J connectivity index is 2.04. The number of carbonyl (C=O) groups is 2. The molecule has 1 fully saturated rings. The van der Waals surface area contributed by atoms with Crippen LogP contribution in [-0.2, 0) is 14.3 Å². The molecule has 1 aliphatic rings. The summed E-state index contributed by atoms with van der Waals surface area (Å²) in [6.07, 6.45) is 3.88. The van der Waals surface area contributed by atoms with Crippen LogP contribution in [0.2, 0.25) is 0 Å². The van der Waals surface area contributed by atoms with Gasteiger partial charge in [-0.1, -0.05) is 19.3 Å². The second-order valence-corrected chi connectivity index (χ2v) is 6.18. The Hall–Kier alpha value is -2.75. The van der Waals surface area contributed by atoms with Crippen LogP contribution in [0.1, 0.15) is 44.6 Å². The molecule has 1 aromatic carbocycles. The molecule has 0 unspecified atom stereocenters. The number of hydrogen-bond donors (Lipinski definition) is 1. The first kappa shape index (κ1) is 19.6. The third-order valence-electron chi connectivity index (χ3n) is 4.39. The van der Waals surface area contributed by atoms with E-state index in [9.17, 15) is 9.59 Å². The summed E-state index contributed by atoms with van der Waals surface area (Å²) in [7, 11) is 1.33. The lowest BCUT2D eigenvalue weighted by molar-refractivity contribution is -0.152. The van der Waals surface area contributed by atoms with E-state index in [1.165, 1.54) is 7.11 Å². The number of amides is 1. The van der Waals surface area contributed by atoms with E-state index in [0.29, 0.717) is 36.5 Å². The minimum Gasteiger partial charge on any atom is -0.490 e. The standard InChI is InChI=1S/C19H24N2O5/c1-3-25-16-11-14(12-20)7-8-15(16)26-13-17(22)21-19(18(23)24-2)9-5-4-6-10-19/h7-8,11H,3-6,9-10,13H2,1-2H3,(H,21,22). The van der Waals surface area contributed by atoms with Crippen LogP contribution in [0, 0.1) is 11.3 Å². The fourth-order valence-corrected chi connectivity index (χ4v) is 3.14. The number of nitrogens with zero attached hydrogens (tertiary/aromatic N) is 1. The Kier molecular flexibility index (Phi) is 6.84. The van der Waals surface area contributed by atoms with Crippen LogP contribution in [0.4, 0.5) is 0 Å². The van der Waals surface area contributed by atoms with Crippen molar-refractivity contribution in [3.05, 3.63) is 23.8 Å². The third kappa shape index (κ3) is 4.66. The fourth-order valence-electron chi connectivity index (χ4n) is 3.14. The predicted molar refractivity (Wildman–Crippen MR) is 93.8 cm³/mol. The summed E-state index contributed by atoms with van der Waals surface area (Å²) >= 11 is 0. The zero-order chi connectivity index (χ0) is 19.0. The summed E-state index contributed by atoms with van der Waals surface area (Å²) in [5.41, 5.74) is -0.530. The van der Waals surface area contributed by atoms with Gasteiger partial charge in [0.05, 0.1) is 25.3 Å². The van der Waals surface area contributed by atoms with Gasteiger partial charge >= 0.3 is 5.97 Å². The molecule has 1 N–H and O–H groups in total. The average Bonchev–Trinajstić information content (AvgIpc) is 2.67. The van der Waals surface area contributed by atoms with Crippen molar-refractivity contribution in [2.75, 3.05) is 20.3 Å². The summed E-state index contributed by atoms with van der Waals surface area (Å²) in [6.45, 7) is 1.96. The van der Waals surface area contributed by atoms with Crippen molar-refractivity contribution in [3.63, 3.8) is 0 Å². The highest BCUT2D eigenvalue weighted by Gasteiger charge is 2.42. The van der Waals surface area contributed by atoms with Crippen molar-refractivity contribution in [2.45, 2.75) is 44.6 Å². The molecular weight excluding hydrogens is 336 g/mol. The van der Waals surface area contributed by atoms with E-state index in [1.54, 1.807) is 18.2 Å². The minimum atomic E-state index is -0.971. The largest absolute Gasteiger partial charge is 0.490 e. The van der Waals surface area contributed by atoms with Crippen molar-refractivity contribution in [3.8, 4) is 17.6 Å². The average molecular weight is 360 g/mol. The number of carbonyl (C=O) groups excluding carboxylic acids is 2. The quantitative estimate of drug-likeness (QED) is 0.750. The maximum absolute atomic E-state index is 12.4. The molecular formula is C19H24N2O5. The summed E-state index contributed by atoms with van der Waals surface area (Å²) in [6, 6.07) is 6.77. The van der Waals surface area contributed by atoms with Gasteiger partial charge in [-0.25, -0.2) is 4.79 Å². The fraction of sp³-hybridized carbons (Fsp3) is 0.526. The number of hydrogen-bond acceptors (Lipinski definition) is 6. The number of ether oxygens (including phenoxy) is 3.